The maximum Gasteiger partial charge on any atom is 1.00 e. The fourth-order valence-corrected chi connectivity index (χ4v) is 3.84. The quantitative estimate of drug-likeness (QED) is 0.230. The van der Waals surface area contributed by atoms with Crippen LogP contribution >= 0.6 is 0 Å². The Hall–Kier alpha value is -1.26. The minimum atomic E-state index is -1.38. The van der Waals surface area contributed by atoms with Crippen LogP contribution < -0.4 is 69.3 Å². The summed E-state index contributed by atoms with van der Waals surface area (Å²) in [5, 5.41) is 39.8. The van der Waals surface area contributed by atoms with Crippen molar-refractivity contribution < 1.29 is 115 Å². The number of carbonyl (C=O) groups excluding carboxylic acids is 2. The second kappa shape index (κ2) is 25.1. The summed E-state index contributed by atoms with van der Waals surface area (Å²) < 4.78 is 19.2. The molecule has 0 amide bonds. The Morgan fingerprint density at radius 1 is 0.976 bits per heavy atom. The average molecular weight is 618 g/mol. The molecule has 0 bridgehead atoms. The number of carboxylic acids is 2. The second-order valence-electron chi connectivity index (χ2n) is 9.28. The number of halogens is 1. The van der Waals surface area contributed by atoms with Gasteiger partial charge in [0.1, 0.15) is 5.82 Å². The largest absolute Gasteiger partial charge is 1.00 e. The van der Waals surface area contributed by atoms with E-state index in [1.807, 2.05) is 13.8 Å². The Morgan fingerprint density at radius 3 is 1.86 bits per heavy atom. The van der Waals surface area contributed by atoms with Crippen LogP contribution in [0, 0.1) is 5.82 Å². The van der Waals surface area contributed by atoms with Gasteiger partial charge in [-0.3, -0.25) is 4.98 Å². The van der Waals surface area contributed by atoms with Crippen LogP contribution in [0.2, 0.25) is 0 Å². The zero-order chi connectivity index (χ0) is 28.3. The van der Waals surface area contributed by atoms with Crippen molar-refractivity contribution in [1.29, 1.82) is 0 Å². The van der Waals surface area contributed by atoms with Gasteiger partial charge in [-0.05, 0) is 42.0 Å². The van der Waals surface area contributed by atoms with Crippen LogP contribution in [0.25, 0.3) is 17.2 Å². The van der Waals surface area contributed by atoms with E-state index in [-0.39, 0.29) is 99.6 Å². The van der Waals surface area contributed by atoms with E-state index in [0.717, 1.165) is 40.6 Å². The van der Waals surface area contributed by atoms with Gasteiger partial charge in [-0.15, -0.1) is 0 Å². The number of aromatic nitrogens is 1. The summed E-state index contributed by atoms with van der Waals surface area (Å²) in [5.41, 5.74) is 4.99. The van der Waals surface area contributed by atoms with Gasteiger partial charge in [0.2, 0.25) is 0 Å². The fraction of sp³-hybridized carbons (Fsp3) is 0.464. The molecule has 0 aliphatic heterocycles. The van der Waals surface area contributed by atoms with Gasteiger partial charge in [0.25, 0.3) is 0 Å². The van der Waals surface area contributed by atoms with Crippen LogP contribution in [-0.2, 0) is 20.9 Å². The molecule has 42 heavy (non-hydrogen) atoms. The third-order valence-electron chi connectivity index (χ3n) is 5.31. The number of aliphatic hydroxyl groups excluding tert-OH is 2. The van der Waals surface area contributed by atoms with Crippen LogP contribution in [0.1, 0.15) is 81.8 Å². The molecule has 0 unspecified atom stereocenters. The van der Waals surface area contributed by atoms with Crippen molar-refractivity contribution in [3.63, 3.8) is 0 Å². The van der Waals surface area contributed by atoms with E-state index in [1.165, 1.54) is 18.2 Å². The molecule has 0 spiro atoms. The predicted molar refractivity (Wildman–Crippen MR) is 145 cm³/mol. The second-order valence-corrected chi connectivity index (χ2v) is 9.28. The van der Waals surface area contributed by atoms with E-state index < -0.39 is 30.6 Å². The minimum absolute atomic E-state index is 0. The van der Waals surface area contributed by atoms with Crippen LogP contribution in [0.4, 0.5) is 4.39 Å². The molecule has 0 saturated heterocycles. The average Bonchev–Trinajstić information content (AvgIpc) is 2.77. The van der Waals surface area contributed by atoms with Crippen LogP contribution in [0.3, 0.4) is 0 Å². The molecule has 14 heteroatoms. The number of carboxylic acid groups (broad SMARTS) is 2. The summed E-state index contributed by atoms with van der Waals surface area (Å²) in [6, 6.07) is 6.20. The number of methoxy groups -OCH3 is 1. The molecule has 228 valence electrons. The first-order valence-corrected chi connectivity index (χ1v) is 12.0. The summed E-state index contributed by atoms with van der Waals surface area (Å²) >= 11 is 0. The Bertz CT molecular complexity index is 1080. The van der Waals surface area contributed by atoms with Crippen molar-refractivity contribution in [2.45, 2.75) is 78.1 Å². The van der Waals surface area contributed by atoms with Crippen molar-refractivity contribution in [1.82, 2.24) is 4.98 Å². The topological polar surface area (TPSA) is 237 Å². The molecule has 8 N–H and O–H groups in total. The number of aliphatic carboxylic acids is 2. The van der Waals surface area contributed by atoms with Gasteiger partial charge in [0.15, 0.2) is 0 Å². The van der Waals surface area contributed by atoms with Crippen LogP contribution in [0.5, 0.6) is 0 Å². The number of aliphatic hydroxyl groups is 2. The number of pyridine rings is 1. The van der Waals surface area contributed by atoms with Crippen molar-refractivity contribution in [2.75, 3.05) is 7.11 Å². The number of hydrogen-bond acceptors (Lipinski definition) is 8. The number of ether oxygens (including phenoxy) is 1. The Balaban J connectivity index is -0.000000476. The van der Waals surface area contributed by atoms with E-state index in [0.29, 0.717) is 6.61 Å². The van der Waals surface area contributed by atoms with Crippen LogP contribution in [-0.4, -0.2) is 62.9 Å². The molecule has 1 heterocycles. The summed E-state index contributed by atoms with van der Waals surface area (Å²) in [6.45, 7) is 9.43. The van der Waals surface area contributed by atoms with E-state index in [1.54, 1.807) is 25.3 Å². The number of carbonyl (C=O) groups is 2. The van der Waals surface area contributed by atoms with Crippen molar-refractivity contribution in [2.24, 2.45) is 0 Å². The zero-order valence-corrected chi connectivity index (χ0v) is 29.7. The summed E-state index contributed by atoms with van der Waals surface area (Å²) in [7, 11) is 1.60. The first-order valence-electron chi connectivity index (χ1n) is 12.0. The van der Waals surface area contributed by atoms with Crippen molar-refractivity contribution >= 4 is 18.0 Å². The monoisotopic (exact) mass is 617 g/mol. The number of nitrogens with zero attached hydrogens (tertiary/aromatic N) is 1. The number of benzene rings is 1. The molecule has 0 saturated carbocycles. The van der Waals surface area contributed by atoms with Gasteiger partial charge in [-0.2, -0.15) is 0 Å². The molecular formula is C28H42FNNa2O10. The Labute approximate surface area is 290 Å². The molecule has 2 rings (SSSR count). The Kier molecular flexibility index (Phi) is 30.1. The van der Waals surface area contributed by atoms with Gasteiger partial charge in [0.05, 0.1) is 24.5 Å². The predicted octanol–water partition coefficient (Wildman–Crippen LogP) is -6.16. The smallest absolute Gasteiger partial charge is 0.550 e. The molecule has 0 aliphatic carbocycles. The molecule has 2 aromatic rings. The SMILES string of the molecule is CC(=O)[O-].COCc1c(C(C)C)nc(C(C)C)c(/C=C/[C@@H](O)C[C@@H](O)CC(=O)[O-])c1-c1ccc(F)cc1.O.O.O.[Na+].[Na+]. The van der Waals surface area contributed by atoms with E-state index in [9.17, 15) is 24.5 Å². The van der Waals surface area contributed by atoms with Gasteiger partial charge >= 0.3 is 59.1 Å². The summed E-state index contributed by atoms with van der Waals surface area (Å²) in [4.78, 5) is 24.5. The molecule has 0 radical (unpaired) electrons. The molecule has 1 aromatic heterocycles. The molecule has 0 fully saturated rings. The van der Waals surface area contributed by atoms with Crippen LogP contribution in [0.15, 0.2) is 30.3 Å². The Morgan fingerprint density at radius 2 is 1.45 bits per heavy atom. The van der Waals surface area contributed by atoms with Gasteiger partial charge < -0.3 is 51.2 Å². The maximum absolute atomic E-state index is 13.7. The molecule has 0 aliphatic rings. The van der Waals surface area contributed by atoms with E-state index >= 15 is 0 Å². The molecule has 11 nitrogen and oxygen atoms in total. The molecule has 2 atom stereocenters. The fourth-order valence-electron chi connectivity index (χ4n) is 3.84. The van der Waals surface area contributed by atoms with Crippen molar-refractivity contribution in [3.05, 3.63) is 58.7 Å². The number of rotatable bonds is 11. The molecule has 1 aromatic carbocycles. The maximum atomic E-state index is 13.7. The summed E-state index contributed by atoms with van der Waals surface area (Å²) in [5.74, 6) is -2.63. The third-order valence-corrected chi connectivity index (χ3v) is 5.31. The van der Waals surface area contributed by atoms with Gasteiger partial charge in [0, 0.05) is 48.7 Å². The van der Waals surface area contributed by atoms with Gasteiger partial charge in [-0.25, -0.2) is 4.39 Å². The van der Waals surface area contributed by atoms with E-state index in [2.05, 4.69) is 13.8 Å². The minimum Gasteiger partial charge on any atom is -0.550 e. The zero-order valence-electron chi connectivity index (χ0n) is 25.7. The normalized spacial score (nSPS) is 11.4. The number of hydrogen-bond donors (Lipinski definition) is 2. The summed E-state index contributed by atoms with van der Waals surface area (Å²) in [6.07, 6.45) is 0.264. The first kappa shape index (κ1) is 50.4. The van der Waals surface area contributed by atoms with E-state index in [4.69, 9.17) is 19.6 Å². The van der Waals surface area contributed by atoms with Gasteiger partial charge in [-0.1, -0.05) is 52.0 Å². The standard InChI is InChI=1S/C26H34FNO5.C2H4O2.2Na.3H2O/c1-15(2)25-21(11-10-19(29)12-20(30)13-23(31)32)24(17-6-8-18(27)9-7-17)22(14-33-5)26(28-25)16(3)4;1-2(3)4;;;;;/h6-11,15-16,19-20,29-30H,12-14H2,1-5H3,(H,31,32);1H3,(H,3,4);;;3*1H2/q;;2*+1;;;/p-2/b11-10+;;;;;;/t19-,20-;;;;;;/m1....../s1. The first-order chi connectivity index (χ1) is 17.3. The van der Waals surface area contributed by atoms with Crippen molar-refractivity contribution in [3.8, 4) is 11.1 Å². The molecular weight excluding hydrogens is 575 g/mol. The third kappa shape index (κ3) is 17.1.